The van der Waals surface area contributed by atoms with Crippen molar-refractivity contribution in [1.82, 2.24) is 20.3 Å². The molecule has 0 saturated carbocycles. The van der Waals surface area contributed by atoms with E-state index in [1.54, 1.807) is 16.8 Å². The first-order valence-electron chi connectivity index (χ1n) is 6.86. The van der Waals surface area contributed by atoms with Crippen LogP contribution in [0.3, 0.4) is 0 Å². The Morgan fingerprint density at radius 3 is 3.05 bits per heavy atom. The normalized spacial score (nSPS) is 10.8. The van der Waals surface area contributed by atoms with E-state index in [0.717, 1.165) is 18.7 Å². The molecule has 1 heterocycles. The standard InChI is InChI=1S/C14H18BrFN4O/c1-2-5-17-9-11-10-20(19-18-11)6-7-21-12-3-4-13(15)14(16)8-12/h3-4,8,10,17H,2,5-7,9H2,1H3. The second-order valence-electron chi connectivity index (χ2n) is 4.57. The van der Waals surface area contributed by atoms with Gasteiger partial charge in [-0.1, -0.05) is 12.1 Å². The first-order valence-corrected chi connectivity index (χ1v) is 7.66. The molecule has 1 aromatic heterocycles. The highest BCUT2D eigenvalue weighted by molar-refractivity contribution is 9.10. The lowest BCUT2D eigenvalue weighted by atomic mass is 10.3. The minimum Gasteiger partial charge on any atom is -0.492 e. The van der Waals surface area contributed by atoms with Crippen LogP contribution in [0.4, 0.5) is 4.39 Å². The molecule has 1 aromatic carbocycles. The second-order valence-corrected chi connectivity index (χ2v) is 5.43. The van der Waals surface area contributed by atoms with Gasteiger partial charge in [0.25, 0.3) is 0 Å². The van der Waals surface area contributed by atoms with Gasteiger partial charge in [-0.2, -0.15) is 0 Å². The maximum atomic E-state index is 13.3. The van der Waals surface area contributed by atoms with Gasteiger partial charge >= 0.3 is 0 Å². The summed E-state index contributed by atoms with van der Waals surface area (Å²) in [5, 5.41) is 11.4. The van der Waals surface area contributed by atoms with Crippen LogP contribution >= 0.6 is 15.9 Å². The van der Waals surface area contributed by atoms with Crippen LogP contribution in [-0.4, -0.2) is 28.1 Å². The summed E-state index contributed by atoms with van der Waals surface area (Å²) >= 11 is 3.10. The van der Waals surface area contributed by atoms with Crippen LogP contribution in [0.15, 0.2) is 28.9 Å². The zero-order valence-corrected chi connectivity index (χ0v) is 13.4. The predicted octanol–water partition coefficient (Wildman–Crippen LogP) is 2.76. The van der Waals surface area contributed by atoms with Crippen molar-refractivity contribution in [1.29, 1.82) is 0 Å². The highest BCUT2D eigenvalue weighted by Gasteiger charge is 2.03. The van der Waals surface area contributed by atoms with Gasteiger partial charge in [-0.3, -0.25) is 0 Å². The van der Waals surface area contributed by atoms with E-state index < -0.39 is 0 Å². The van der Waals surface area contributed by atoms with Crippen molar-refractivity contribution in [3.8, 4) is 5.75 Å². The second kappa shape index (κ2) is 8.09. The molecular formula is C14H18BrFN4O. The van der Waals surface area contributed by atoms with Crippen molar-refractivity contribution >= 4 is 15.9 Å². The molecule has 0 saturated heterocycles. The molecule has 0 spiro atoms. The fourth-order valence-electron chi connectivity index (χ4n) is 1.75. The molecule has 0 amide bonds. The number of aromatic nitrogens is 3. The van der Waals surface area contributed by atoms with E-state index in [0.29, 0.717) is 29.9 Å². The Morgan fingerprint density at radius 1 is 1.43 bits per heavy atom. The summed E-state index contributed by atoms with van der Waals surface area (Å²) in [4.78, 5) is 0. The van der Waals surface area contributed by atoms with Crippen LogP contribution in [0.25, 0.3) is 0 Å². The van der Waals surface area contributed by atoms with Crippen LogP contribution in [0.5, 0.6) is 5.75 Å². The molecule has 0 radical (unpaired) electrons. The van der Waals surface area contributed by atoms with Crippen molar-refractivity contribution in [3.05, 3.63) is 40.4 Å². The summed E-state index contributed by atoms with van der Waals surface area (Å²) in [7, 11) is 0. The molecule has 0 atom stereocenters. The molecule has 114 valence electrons. The first-order chi connectivity index (χ1) is 10.2. The molecule has 5 nitrogen and oxygen atoms in total. The molecule has 1 N–H and O–H groups in total. The maximum absolute atomic E-state index is 13.3. The summed E-state index contributed by atoms with van der Waals surface area (Å²) in [6.45, 7) is 4.77. The third-order valence-corrected chi connectivity index (χ3v) is 3.44. The number of hydrogen-bond donors (Lipinski definition) is 1. The lowest BCUT2D eigenvalue weighted by molar-refractivity contribution is 0.288. The summed E-state index contributed by atoms with van der Waals surface area (Å²) in [5.41, 5.74) is 0.901. The molecule has 2 aromatic rings. The molecule has 0 aliphatic carbocycles. The van der Waals surface area contributed by atoms with Gasteiger partial charge < -0.3 is 10.1 Å². The molecule has 0 unspecified atom stereocenters. The van der Waals surface area contributed by atoms with E-state index in [-0.39, 0.29) is 5.82 Å². The lowest BCUT2D eigenvalue weighted by Gasteiger charge is -2.06. The van der Waals surface area contributed by atoms with Gasteiger partial charge in [0, 0.05) is 18.8 Å². The largest absolute Gasteiger partial charge is 0.492 e. The summed E-state index contributed by atoms with van der Waals surface area (Å²) in [5.74, 6) is 0.165. The number of benzene rings is 1. The molecule has 2 rings (SSSR count). The quantitative estimate of drug-likeness (QED) is 0.739. The van der Waals surface area contributed by atoms with E-state index in [2.05, 4.69) is 38.5 Å². The van der Waals surface area contributed by atoms with Crippen molar-refractivity contribution in [2.45, 2.75) is 26.4 Å². The average Bonchev–Trinajstić information content (AvgIpc) is 2.91. The van der Waals surface area contributed by atoms with Gasteiger partial charge in [0.05, 0.1) is 16.7 Å². The van der Waals surface area contributed by atoms with Crippen LogP contribution in [0.2, 0.25) is 0 Å². The van der Waals surface area contributed by atoms with Gasteiger partial charge in [0.1, 0.15) is 18.2 Å². The third kappa shape index (κ3) is 5.09. The minimum atomic E-state index is -0.336. The molecule has 21 heavy (non-hydrogen) atoms. The van der Waals surface area contributed by atoms with Crippen LogP contribution in [-0.2, 0) is 13.1 Å². The van der Waals surface area contributed by atoms with E-state index in [9.17, 15) is 4.39 Å². The van der Waals surface area contributed by atoms with Crippen LogP contribution < -0.4 is 10.1 Å². The Labute approximate surface area is 131 Å². The van der Waals surface area contributed by atoms with Crippen LogP contribution in [0, 0.1) is 5.82 Å². The summed E-state index contributed by atoms with van der Waals surface area (Å²) in [6, 6.07) is 4.69. The molecule has 7 heteroatoms. The highest BCUT2D eigenvalue weighted by Crippen LogP contribution is 2.20. The average molecular weight is 357 g/mol. The Balaban J connectivity index is 1.76. The zero-order chi connectivity index (χ0) is 15.1. The van der Waals surface area contributed by atoms with E-state index in [1.165, 1.54) is 6.07 Å². The van der Waals surface area contributed by atoms with Crippen LogP contribution in [0.1, 0.15) is 19.0 Å². The predicted molar refractivity (Wildman–Crippen MR) is 81.6 cm³/mol. The molecule has 0 aliphatic rings. The summed E-state index contributed by atoms with van der Waals surface area (Å²) < 4.78 is 21.0. The zero-order valence-electron chi connectivity index (χ0n) is 11.9. The molecule has 0 bridgehead atoms. The first kappa shape index (κ1) is 15.9. The van der Waals surface area contributed by atoms with Crippen molar-refractivity contribution in [2.75, 3.05) is 13.2 Å². The van der Waals surface area contributed by atoms with Crippen molar-refractivity contribution in [3.63, 3.8) is 0 Å². The van der Waals surface area contributed by atoms with Gasteiger partial charge in [-0.15, -0.1) is 5.10 Å². The highest BCUT2D eigenvalue weighted by atomic mass is 79.9. The molecular weight excluding hydrogens is 339 g/mol. The van der Waals surface area contributed by atoms with E-state index in [4.69, 9.17) is 4.74 Å². The van der Waals surface area contributed by atoms with Gasteiger partial charge in [-0.05, 0) is 41.0 Å². The van der Waals surface area contributed by atoms with Gasteiger partial charge in [0.2, 0.25) is 0 Å². The summed E-state index contributed by atoms with van der Waals surface area (Å²) in [6.07, 6.45) is 2.97. The van der Waals surface area contributed by atoms with Crippen molar-refractivity contribution in [2.24, 2.45) is 0 Å². The topological polar surface area (TPSA) is 52.0 Å². The van der Waals surface area contributed by atoms with Gasteiger partial charge in [0.15, 0.2) is 0 Å². The fraction of sp³-hybridized carbons (Fsp3) is 0.429. The maximum Gasteiger partial charge on any atom is 0.141 e. The Hall–Kier alpha value is -1.47. The lowest BCUT2D eigenvalue weighted by Crippen LogP contribution is -2.14. The Morgan fingerprint density at radius 2 is 2.29 bits per heavy atom. The van der Waals surface area contributed by atoms with E-state index >= 15 is 0 Å². The number of ether oxygens (including phenoxy) is 1. The number of nitrogens with one attached hydrogen (secondary N) is 1. The smallest absolute Gasteiger partial charge is 0.141 e. The molecule has 0 aliphatic heterocycles. The molecule has 0 fully saturated rings. The van der Waals surface area contributed by atoms with Gasteiger partial charge in [-0.25, -0.2) is 9.07 Å². The Kier molecular flexibility index (Phi) is 6.13. The fourth-order valence-corrected chi connectivity index (χ4v) is 1.99. The van der Waals surface area contributed by atoms with Crippen molar-refractivity contribution < 1.29 is 9.13 Å². The number of hydrogen-bond acceptors (Lipinski definition) is 4. The SMILES string of the molecule is CCCNCc1cn(CCOc2ccc(Br)c(F)c2)nn1. The number of nitrogens with zero attached hydrogens (tertiary/aromatic N) is 3. The third-order valence-electron chi connectivity index (χ3n) is 2.80. The van der Waals surface area contributed by atoms with E-state index in [1.807, 2.05) is 6.20 Å². The Bertz CT molecular complexity index is 576. The monoisotopic (exact) mass is 356 g/mol. The number of rotatable bonds is 8. The number of halogens is 2. The minimum absolute atomic E-state index is 0.336.